The van der Waals surface area contributed by atoms with E-state index in [1.807, 2.05) is 48.5 Å². The molecule has 3 aromatic carbocycles. The number of hydrogen-bond acceptors (Lipinski definition) is 2. The van der Waals surface area contributed by atoms with E-state index in [4.69, 9.17) is 0 Å². The Kier molecular flexibility index (Phi) is 3.44. The molecule has 0 heterocycles. The van der Waals surface area contributed by atoms with E-state index < -0.39 is 0 Å². The molecule has 0 bridgehead atoms. The van der Waals surface area contributed by atoms with Crippen LogP contribution in [0.4, 0.5) is 0 Å². The second-order valence-electron chi connectivity index (χ2n) is 4.39. The van der Waals surface area contributed by atoms with E-state index in [0.29, 0.717) is 11.1 Å². The monoisotopic (exact) mass is 390 g/mol. The molecule has 0 atom stereocenters. The first-order valence-corrected chi connectivity index (χ1v) is 7.53. The lowest BCUT2D eigenvalue weighted by molar-refractivity contribution is 0.108. The van der Waals surface area contributed by atoms with Crippen molar-refractivity contribution in [1.82, 2.24) is 0 Å². The standard InChI is InChI=1S/C16H8Br2O2/c17-15(19)13-9-5-1-2-6-10(9)14(16(18)20)12-8-4-3-7-11(12)13/h1-8H. The van der Waals surface area contributed by atoms with Gasteiger partial charge in [-0.1, -0.05) is 48.5 Å². The summed E-state index contributed by atoms with van der Waals surface area (Å²) >= 11 is 6.10. The van der Waals surface area contributed by atoms with Gasteiger partial charge in [-0.15, -0.1) is 0 Å². The van der Waals surface area contributed by atoms with Crippen molar-refractivity contribution in [2.24, 2.45) is 0 Å². The van der Waals surface area contributed by atoms with Gasteiger partial charge < -0.3 is 0 Å². The van der Waals surface area contributed by atoms with E-state index in [0.717, 1.165) is 21.5 Å². The topological polar surface area (TPSA) is 34.1 Å². The van der Waals surface area contributed by atoms with Gasteiger partial charge in [0, 0.05) is 11.1 Å². The molecule has 0 radical (unpaired) electrons. The third-order valence-corrected chi connectivity index (χ3v) is 4.12. The average Bonchev–Trinajstić information content (AvgIpc) is 2.43. The van der Waals surface area contributed by atoms with E-state index >= 15 is 0 Å². The maximum atomic E-state index is 12.0. The normalized spacial score (nSPS) is 10.9. The van der Waals surface area contributed by atoms with Crippen molar-refractivity contribution >= 4 is 62.8 Å². The van der Waals surface area contributed by atoms with Crippen molar-refractivity contribution in [1.29, 1.82) is 0 Å². The first-order valence-electron chi connectivity index (χ1n) is 5.94. The second-order valence-corrected chi connectivity index (χ2v) is 5.83. The Morgan fingerprint density at radius 2 is 0.850 bits per heavy atom. The van der Waals surface area contributed by atoms with Gasteiger partial charge in [0.2, 0.25) is 9.39 Å². The molecule has 20 heavy (non-hydrogen) atoms. The Hall–Kier alpha value is -1.52. The van der Waals surface area contributed by atoms with Crippen LogP contribution in [0, 0.1) is 0 Å². The zero-order valence-electron chi connectivity index (χ0n) is 10.2. The van der Waals surface area contributed by atoms with Crippen LogP contribution < -0.4 is 0 Å². The highest BCUT2D eigenvalue weighted by molar-refractivity contribution is 9.18. The Morgan fingerprint density at radius 1 is 0.600 bits per heavy atom. The summed E-state index contributed by atoms with van der Waals surface area (Å²) in [4.78, 5) is 23.9. The van der Waals surface area contributed by atoms with E-state index in [2.05, 4.69) is 31.9 Å². The Morgan fingerprint density at radius 3 is 1.05 bits per heavy atom. The highest BCUT2D eigenvalue weighted by Crippen LogP contribution is 2.35. The van der Waals surface area contributed by atoms with Crippen molar-refractivity contribution in [2.75, 3.05) is 0 Å². The molecule has 2 nitrogen and oxygen atoms in total. The fourth-order valence-electron chi connectivity index (χ4n) is 2.55. The summed E-state index contributed by atoms with van der Waals surface area (Å²) in [7, 11) is 0. The van der Waals surface area contributed by atoms with Gasteiger partial charge in [0.25, 0.3) is 0 Å². The predicted octanol–water partition coefficient (Wildman–Crippen LogP) is 5.06. The number of rotatable bonds is 2. The first-order chi connectivity index (χ1) is 9.61. The van der Waals surface area contributed by atoms with Crippen LogP contribution in [0.25, 0.3) is 21.5 Å². The highest BCUT2D eigenvalue weighted by Gasteiger charge is 2.19. The Bertz CT molecular complexity index is 740. The molecule has 0 aliphatic carbocycles. The molecule has 0 saturated carbocycles. The predicted molar refractivity (Wildman–Crippen MR) is 88.0 cm³/mol. The molecular weight excluding hydrogens is 384 g/mol. The molecule has 0 aliphatic rings. The lowest BCUT2D eigenvalue weighted by Gasteiger charge is -2.12. The number of halogens is 2. The zero-order valence-corrected chi connectivity index (χ0v) is 13.4. The van der Waals surface area contributed by atoms with Crippen LogP contribution >= 0.6 is 31.9 Å². The molecule has 98 valence electrons. The lowest BCUT2D eigenvalue weighted by atomic mass is 9.93. The van der Waals surface area contributed by atoms with Gasteiger partial charge >= 0.3 is 0 Å². The fourth-order valence-corrected chi connectivity index (χ4v) is 3.41. The lowest BCUT2D eigenvalue weighted by Crippen LogP contribution is -1.99. The summed E-state index contributed by atoms with van der Waals surface area (Å²) in [5.41, 5.74) is 1.18. The van der Waals surface area contributed by atoms with Gasteiger partial charge in [0.15, 0.2) is 0 Å². The number of carbonyl (C=O) groups is 2. The van der Waals surface area contributed by atoms with Crippen molar-refractivity contribution in [3.05, 3.63) is 59.7 Å². The first kappa shape index (κ1) is 13.5. The van der Waals surface area contributed by atoms with Crippen molar-refractivity contribution < 1.29 is 9.59 Å². The molecule has 0 spiro atoms. The number of hydrogen-bond donors (Lipinski definition) is 0. The summed E-state index contributed by atoms with van der Waals surface area (Å²) in [6.45, 7) is 0. The van der Waals surface area contributed by atoms with E-state index in [1.54, 1.807) is 0 Å². The third kappa shape index (κ3) is 2.00. The van der Waals surface area contributed by atoms with Gasteiger partial charge in [-0.2, -0.15) is 0 Å². The zero-order chi connectivity index (χ0) is 14.3. The van der Waals surface area contributed by atoms with Gasteiger partial charge in [-0.25, -0.2) is 0 Å². The van der Waals surface area contributed by atoms with Crippen molar-refractivity contribution in [3.63, 3.8) is 0 Å². The van der Waals surface area contributed by atoms with Crippen LogP contribution in [0.3, 0.4) is 0 Å². The third-order valence-electron chi connectivity index (χ3n) is 3.32. The summed E-state index contributed by atoms with van der Waals surface area (Å²) in [6.07, 6.45) is 0. The van der Waals surface area contributed by atoms with E-state index in [1.165, 1.54) is 0 Å². The summed E-state index contributed by atoms with van der Waals surface area (Å²) < 4.78 is -0.364. The van der Waals surface area contributed by atoms with E-state index in [9.17, 15) is 9.59 Å². The van der Waals surface area contributed by atoms with Crippen LogP contribution in [0.1, 0.15) is 20.7 Å². The smallest absolute Gasteiger partial charge is 0.229 e. The molecular formula is C16H8Br2O2. The van der Waals surface area contributed by atoms with Gasteiger partial charge in [0.05, 0.1) is 0 Å². The quantitative estimate of drug-likeness (QED) is 0.451. The van der Waals surface area contributed by atoms with Gasteiger partial charge in [-0.05, 0) is 53.4 Å². The van der Waals surface area contributed by atoms with E-state index in [-0.39, 0.29) is 9.39 Å². The molecule has 0 aromatic heterocycles. The van der Waals surface area contributed by atoms with Gasteiger partial charge in [0.1, 0.15) is 0 Å². The maximum Gasteiger partial charge on any atom is 0.229 e. The molecule has 0 unspecified atom stereocenters. The van der Waals surface area contributed by atoms with Crippen LogP contribution in [-0.2, 0) is 0 Å². The van der Waals surface area contributed by atoms with Gasteiger partial charge in [-0.3, -0.25) is 9.59 Å². The summed E-state index contributed by atoms with van der Waals surface area (Å²) in [5, 5.41) is 3.10. The molecule has 0 amide bonds. The highest BCUT2D eigenvalue weighted by atomic mass is 79.9. The largest absolute Gasteiger partial charge is 0.281 e. The second kappa shape index (κ2) is 5.11. The maximum absolute atomic E-state index is 12.0. The Balaban J connectivity index is 2.69. The minimum absolute atomic E-state index is 0.182. The van der Waals surface area contributed by atoms with Crippen LogP contribution in [0.5, 0.6) is 0 Å². The van der Waals surface area contributed by atoms with Crippen LogP contribution in [0.2, 0.25) is 0 Å². The fraction of sp³-hybridized carbons (Fsp3) is 0. The molecule has 0 fully saturated rings. The number of fused-ring (bicyclic) bond motifs is 2. The van der Waals surface area contributed by atoms with Crippen molar-refractivity contribution in [2.45, 2.75) is 0 Å². The average molecular weight is 392 g/mol. The Labute approximate surface area is 132 Å². The molecule has 4 heteroatoms. The molecule has 0 N–H and O–H groups in total. The molecule has 0 saturated heterocycles. The summed E-state index contributed by atoms with van der Waals surface area (Å²) in [6, 6.07) is 14.9. The van der Waals surface area contributed by atoms with Crippen LogP contribution in [0.15, 0.2) is 48.5 Å². The van der Waals surface area contributed by atoms with Crippen molar-refractivity contribution in [3.8, 4) is 0 Å². The minimum atomic E-state index is -0.182. The SMILES string of the molecule is O=C(Br)c1c2ccccc2c(C(=O)Br)c2ccccc12. The number of benzene rings is 3. The van der Waals surface area contributed by atoms with Crippen LogP contribution in [-0.4, -0.2) is 9.39 Å². The minimum Gasteiger partial charge on any atom is -0.281 e. The molecule has 3 rings (SSSR count). The summed E-state index contributed by atoms with van der Waals surface area (Å²) in [5.74, 6) is 0. The number of carbonyl (C=O) groups excluding carboxylic acids is 2. The molecule has 3 aromatic rings. The molecule has 0 aliphatic heterocycles.